The summed E-state index contributed by atoms with van der Waals surface area (Å²) in [6.07, 6.45) is -9.27. The van der Waals surface area contributed by atoms with Gasteiger partial charge in [-0.25, -0.2) is 13.8 Å². The van der Waals surface area contributed by atoms with Crippen molar-refractivity contribution in [2.24, 2.45) is 0 Å². The van der Waals surface area contributed by atoms with Crippen LogP contribution in [-0.4, -0.2) is 29.5 Å². The van der Waals surface area contributed by atoms with Crippen molar-refractivity contribution < 1.29 is 41.3 Å². The number of nitrogens with zero attached hydrogens (tertiary/aromatic N) is 1. The van der Waals surface area contributed by atoms with Gasteiger partial charge in [0, 0.05) is 11.6 Å². The lowest BCUT2D eigenvalue weighted by Crippen LogP contribution is -2.19. The van der Waals surface area contributed by atoms with E-state index < -0.39 is 48.1 Å². The molecular weight excluding hydrogens is 293 g/mol. The third-order valence-electron chi connectivity index (χ3n) is 2.07. The second-order valence-corrected chi connectivity index (χ2v) is 3.45. The first-order valence-electron chi connectivity index (χ1n) is 4.97. The Hall–Kier alpha value is -2.13. The summed E-state index contributed by atoms with van der Waals surface area (Å²) >= 11 is 0. The summed E-state index contributed by atoms with van der Waals surface area (Å²) in [6.45, 7) is 0. The molecule has 1 N–H and O–H groups in total. The Labute approximate surface area is 108 Å². The quantitative estimate of drug-likeness (QED) is 0.846. The maximum Gasteiger partial charge on any atom is 0.574 e. The first kappa shape index (κ1) is 15.9. The van der Waals surface area contributed by atoms with Gasteiger partial charge in [-0.05, 0) is 0 Å². The van der Waals surface area contributed by atoms with Crippen LogP contribution >= 0.6 is 0 Å². The third kappa shape index (κ3) is 4.21. The van der Waals surface area contributed by atoms with E-state index in [2.05, 4.69) is 14.5 Å². The summed E-state index contributed by atoms with van der Waals surface area (Å²) in [6, 6.07) is 0.595. The maximum atomic E-state index is 12.8. The van der Waals surface area contributed by atoms with Gasteiger partial charge >= 0.3 is 12.3 Å². The van der Waals surface area contributed by atoms with E-state index >= 15 is 0 Å². The van der Waals surface area contributed by atoms with Crippen LogP contribution in [0.3, 0.4) is 0 Å². The van der Waals surface area contributed by atoms with Crippen LogP contribution < -0.4 is 9.47 Å². The normalized spacial score (nSPS) is 11.6. The predicted molar refractivity (Wildman–Crippen MR) is 53.8 cm³/mol. The van der Waals surface area contributed by atoms with Crippen molar-refractivity contribution in [2.45, 2.75) is 19.2 Å². The minimum absolute atomic E-state index is 0.475. The van der Waals surface area contributed by atoms with Crippen molar-refractivity contribution >= 4 is 5.97 Å². The summed E-state index contributed by atoms with van der Waals surface area (Å²) in [5, 5.41) is 8.61. The number of methoxy groups -OCH3 is 1. The molecule has 10 heteroatoms. The average Bonchev–Trinajstić information content (AvgIpc) is 2.27. The largest absolute Gasteiger partial charge is 0.574 e. The first-order valence-corrected chi connectivity index (χ1v) is 4.97. The highest BCUT2D eigenvalue weighted by molar-refractivity contribution is 5.72. The van der Waals surface area contributed by atoms with Crippen molar-refractivity contribution in [1.82, 2.24) is 4.98 Å². The molecule has 0 unspecified atom stereocenters. The van der Waals surface area contributed by atoms with Crippen LogP contribution in [0.1, 0.15) is 17.7 Å². The molecular formula is C10H8F5NO4. The number of aliphatic carboxylic acids is 1. The summed E-state index contributed by atoms with van der Waals surface area (Å²) in [4.78, 5) is 13.6. The van der Waals surface area contributed by atoms with Gasteiger partial charge in [0.25, 0.3) is 6.43 Å². The zero-order valence-electron chi connectivity index (χ0n) is 9.87. The number of carbonyl (C=O) groups is 1. The Morgan fingerprint density at radius 2 is 2.05 bits per heavy atom. The van der Waals surface area contributed by atoms with E-state index in [1.807, 2.05) is 0 Å². The minimum Gasteiger partial charge on any atom is -0.496 e. The molecule has 1 aromatic rings. The average molecular weight is 301 g/mol. The molecule has 0 radical (unpaired) electrons. The topological polar surface area (TPSA) is 68.7 Å². The van der Waals surface area contributed by atoms with Crippen molar-refractivity contribution in [3.05, 3.63) is 17.3 Å². The number of pyridine rings is 1. The van der Waals surface area contributed by atoms with E-state index in [-0.39, 0.29) is 0 Å². The monoisotopic (exact) mass is 301 g/mol. The lowest BCUT2D eigenvalue weighted by Gasteiger charge is -2.15. The molecule has 1 aromatic heterocycles. The van der Waals surface area contributed by atoms with E-state index in [0.29, 0.717) is 6.07 Å². The highest BCUT2D eigenvalue weighted by atomic mass is 19.4. The van der Waals surface area contributed by atoms with Gasteiger partial charge < -0.3 is 14.6 Å². The van der Waals surface area contributed by atoms with E-state index in [9.17, 15) is 26.7 Å². The van der Waals surface area contributed by atoms with Gasteiger partial charge in [0.15, 0.2) is 0 Å². The molecule has 0 saturated carbocycles. The highest BCUT2D eigenvalue weighted by Gasteiger charge is 2.33. The fourth-order valence-electron chi connectivity index (χ4n) is 1.41. The molecule has 0 bridgehead atoms. The fourth-order valence-corrected chi connectivity index (χ4v) is 1.41. The highest BCUT2D eigenvalue weighted by Crippen LogP contribution is 2.33. The second kappa shape index (κ2) is 5.88. The summed E-state index contributed by atoms with van der Waals surface area (Å²) < 4.78 is 69.7. The standard InChI is InChI=1S/C10H8F5NO4/c1-19-5-3-6(20-10(13,14)15)16-8(9(11)12)4(5)2-7(17)18/h3,9H,2H2,1H3,(H,17,18). The number of carboxylic acid groups (broad SMARTS) is 1. The van der Waals surface area contributed by atoms with Gasteiger partial charge in [-0.2, -0.15) is 0 Å². The maximum absolute atomic E-state index is 12.8. The van der Waals surface area contributed by atoms with Crippen LogP contribution in [0.4, 0.5) is 22.0 Å². The molecule has 0 amide bonds. The lowest BCUT2D eigenvalue weighted by atomic mass is 10.1. The van der Waals surface area contributed by atoms with Crippen molar-refractivity contribution in [1.29, 1.82) is 0 Å². The van der Waals surface area contributed by atoms with Crippen molar-refractivity contribution in [2.75, 3.05) is 7.11 Å². The molecule has 0 aliphatic rings. The number of carboxylic acids is 1. The fraction of sp³-hybridized carbons (Fsp3) is 0.400. The number of halogens is 5. The molecule has 0 spiro atoms. The molecule has 20 heavy (non-hydrogen) atoms. The Bertz CT molecular complexity index is 503. The molecule has 0 aliphatic carbocycles. The lowest BCUT2D eigenvalue weighted by molar-refractivity contribution is -0.276. The van der Waals surface area contributed by atoms with E-state index in [1.165, 1.54) is 0 Å². The molecule has 112 valence electrons. The van der Waals surface area contributed by atoms with Gasteiger partial charge in [-0.3, -0.25) is 4.79 Å². The molecule has 0 aliphatic heterocycles. The van der Waals surface area contributed by atoms with Crippen LogP contribution in [0.5, 0.6) is 11.6 Å². The summed E-state index contributed by atoms with van der Waals surface area (Å²) in [5.41, 5.74) is -1.64. The number of alkyl halides is 5. The van der Waals surface area contributed by atoms with Gasteiger partial charge in [-0.1, -0.05) is 0 Å². The van der Waals surface area contributed by atoms with E-state index in [0.717, 1.165) is 7.11 Å². The number of hydrogen-bond donors (Lipinski definition) is 1. The van der Waals surface area contributed by atoms with Crippen LogP contribution in [0.15, 0.2) is 6.07 Å². The van der Waals surface area contributed by atoms with Crippen molar-refractivity contribution in [3.63, 3.8) is 0 Å². The van der Waals surface area contributed by atoms with Crippen LogP contribution in [0.2, 0.25) is 0 Å². The van der Waals surface area contributed by atoms with Gasteiger partial charge in [0.1, 0.15) is 11.4 Å². The number of rotatable bonds is 5. The molecule has 0 saturated heterocycles. The molecule has 0 atom stereocenters. The zero-order valence-corrected chi connectivity index (χ0v) is 9.87. The smallest absolute Gasteiger partial charge is 0.496 e. The number of ether oxygens (including phenoxy) is 2. The third-order valence-corrected chi connectivity index (χ3v) is 2.07. The first-order chi connectivity index (χ1) is 9.14. The Balaban J connectivity index is 3.34. The number of hydrogen-bond acceptors (Lipinski definition) is 4. The minimum atomic E-state index is -5.12. The van der Waals surface area contributed by atoms with E-state index in [1.54, 1.807) is 0 Å². The number of aromatic nitrogens is 1. The van der Waals surface area contributed by atoms with Crippen LogP contribution in [0.25, 0.3) is 0 Å². The molecule has 0 fully saturated rings. The van der Waals surface area contributed by atoms with Gasteiger partial charge in [0.2, 0.25) is 5.88 Å². The van der Waals surface area contributed by atoms with Crippen LogP contribution in [0, 0.1) is 0 Å². The van der Waals surface area contributed by atoms with Crippen LogP contribution in [-0.2, 0) is 11.2 Å². The van der Waals surface area contributed by atoms with Crippen molar-refractivity contribution in [3.8, 4) is 11.6 Å². The molecule has 1 rings (SSSR count). The predicted octanol–water partition coefficient (Wildman–Crippen LogP) is 2.55. The summed E-state index contributed by atoms with van der Waals surface area (Å²) in [5.74, 6) is -3.09. The van der Waals surface area contributed by atoms with E-state index in [4.69, 9.17) is 5.11 Å². The van der Waals surface area contributed by atoms with Gasteiger partial charge in [-0.15, -0.1) is 13.2 Å². The van der Waals surface area contributed by atoms with Gasteiger partial charge in [0.05, 0.1) is 13.5 Å². The molecule has 0 aromatic carbocycles. The second-order valence-electron chi connectivity index (χ2n) is 3.45. The SMILES string of the molecule is COc1cc(OC(F)(F)F)nc(C(F)F)c1CC(=O)O. The Morgan fingerprint density at radius 3 is 2.45 bits per heavy atom. The Kier molecular flexibility index (Phi) is 4.69. The zero-order chi connectivity index (χ0) is 15.5. The summed E-state index contributed by atoms with van der Waals surface area (Å²) in [7, 11) is 0.993. The Morgan fingerprint density at radius 1 is 1.45 bits per heavy atom. The molecule has 1 heterocycles. The molecule has 5 nitrogen and oxygen atoms in total.